The average Bonchev–Trinajstić information content (AvgIpc) is 2.93. The quantitative estimate of drug-likeness (QED) is 0.717. The lowest BCUT2D eigenvalue weighted by molar-refractivity contribution is 0.220. The zero-order chi connectivity index (χ0) is 13.6. The molecular weight excluding hydrogens is 324 g/mol. The topological polar surface area (TPSA) is 33.4 Å². The summed E-state index contributed by atoms with van der Waals surface area (Å²) in [6.07, 6.45) is -0.638. The predicted octanol–water partition coefficient (Wildman–Crippen LogP) is 4.96. The van der Waals surface area contributed by atoms with E-state index in [2.05, 4.69) is 15.9 Å². The van der Waals surface area contributed by atoms with Gasteiger partial charge in [-0.25, -0.2) is 0 Å². The normalized spacial score (nSPS) is 13.1. The van der Waals surface area contributed by atoms with Crippen LogP contribution in [0.3, 0.4) is 0 Å². The summed E-state index contributed by atoms with van der Waals surface area (Å²) in [6, 6.07) is 7.95. The Hall–Kier alpha value is -1.10. The number of aliphatic hydroxyl groups is 1. The second-order valence-corrected chi connectivity index (χ2v) is 6.31. The number of aliphatic hydroxyl groups excluding tert-OH is 1. The maximum Gasteiger partial charge on any atom is 0.109 e. The lowest BCUT2D eigenvalue weighted by atomic mass is 10.0. The first-order chi connectivity index (χ1) is 9.08. The molecule has 0 aliphatic rings. The van der Waals surface area contributed by atoms with Gasteiger partial charge in [-0.2, -0.15) is 0 Å². The average molecular weight is 337 g/mol. The molecule has 0 spiro atoms. The molecule has 98 valence electrons. The lowest BCUT2D eigenvalue weighted by Gasteiger charge is -2.09. The SMILES string of the molecule is Cc1cc(C(O)c2csc3c(Br)cccc23)c(C)o1. The van der Waals surface area contributed by atoms with Crippen molar-refractivity contribution in [3.05, 3.63) is 56.8 Å². The van der Waals surface area contributed by atoms with Crippen molar-refractivity contribution in [1.82, 2.24) is 0 Å². The number of furan rings is 1. The van der Waals surface area contributed by atoms with Crippen LogP contribution in [0.1, 0.15) is 28.8 Å². The predicted molar refractivity (Wildman–Crippen MR) is 81.8 cm³/mol. The van der Waals surface area contributed by atoms with Crippen molar-refractivity contribution in [3.8, 4) is 0 Å². The second-order valence-electron chi connectivity index (χ2n) is 4.58. The van der Waals surface area contributed by atoms with Gasteiger partial charge in [0.2, 0.25) is 0 Å². The van der Waals surface area contributed by atoms with E-state index >= 15 is 0 Å². The smallest absolute Gasteiger partial charge is 0.109 e. The highest BCUT2D eigenvalue weighted by Gasteiger charge is 2.20. The minimum absolute atomic E-state index is 0.638. The van der Waals surface area contributed by atoms with Crippen LogP contribution in [0, 0.1) is 13.8 Å². The molecule has 2 aromatic heterocycles. The van der Waals surface area contributed by atoms with Crippen molar-refractivity contribution in [3.63, 3.8) is 0 Å². The van der Waals surface area contributed by atoms with Gasteiger partial charge in [0.05, 0.1) is 0 Å². The Morgan fingerprint density at radius 1 is 1.26 bits per heavy atom. The zero-order valence-corrected chi connectivity index (χ0v) is 13.0. The molecule has 0 aliphatic heterocycles. The molecule has 4 heteroatoms. The molecule has 1 aromatic carbocycles. The van der Waals surface area contributed by atoms with E-state index in [-0.39, 0.29) is 0 Å². The maximum atomic E-state index is 10.6. The van der Waals surface area contributed by atoms with Crippen molar-refractivity contribution >= 4 is 37.4 Å². The fraction of sp³-hybridized carbons (Fsp3) is 0.200. The number of fused-ring (bicyclic) bond motifs is 1. The Kier molecular flexibility index (Phi) is 3.25. The van der Waals surface area contributed by atoms with Gasteiger partial charge in [0, 0.05) is 20.3 Å². The Bertz CT molecular complexity index is 742. The minimum atomic E-state index is -0.638. The third-order valence-electron chi connectivity index (χ3n) is 3.25. The molecule has 0 aliphatic carbocycles. The largest absolute Gasteiger partial charge is 0.466 e. The number of hydrogen-bond donors (Lipinski definition) is 1. The summed E-state index contributed by atoms with van der Waals surface area (Å²) < 4.78 is 7.73. The summed E-state index contributed by atoms with van der Waals surface area (Å²) in [7, 11) is 0. The van der Waals surface area contributed by atoms with Crippen LogP contribution in [0.25, 0.3) is 10.1 Å². The van der Waals surface area contributed by atoms with E-state index < -0.39 is 6.10 Å². The van der Waals surface area contributed by atoms with Crippen LogP contribution in [0.4, 0.5) is 0 Å². The first kappa shape index (κ1) is 12.9. The van der Waals surface area contributed by atoms with Crippen molar-refractivity contribution in [2.75, 3.05) is 0 Å². The van der Waals surface area contributed by atoms with Gasteiger partial charge >= 0.3 is 0 Å². The zero-order valence-electron chi connectivity index (χ0n) is 10.6. The van der Waals surface area contributed by atoms with Crippen LogP contribution in [0.2, 0.25) is 0 Å². The summed E-state index contributed by atoms with van der Waals surface area (Å²) in [5.41, 5.74) is 1.78. The Balaban J connectivity index is 2.14. The first-order valence-electron chi connectivity index (χ1n) is 5.98. The highest BCUT2D eigenvalue weighted by Crippen LogP contribution is 2.38. The molecule has 0 saturated heterocycles. The molecular formula is C15H13BrO2S. The molecule has 0 radical (unpaired) electrons. The number of rotatable bonds is 2. The van der Waals surface area contributed by atoms with Gasteiger partial charge in [0.25, 0.3) is 0 Å². The third kappa shape index (κ3) is 2.14. The molecule has 1 N–H and O–H groups in total. The molecule has 19 heavy (non-hydrogen) atoms. The number of aryl methyl sites for hydroxylation is 2. The van der Waals surface area contributed by atoms with Gasteiger partial charge in [-0.1, -0.05) is 12.1 Å². The van der Waals surface area contributed by atoms with E-state index in [1.165, 1.54) is 0 Å². The van der Waals surface area contributed by atoms with E-state index in [0.29, 0.717) is 0 Å². The van der Waals surface area contributed by atoms with Crippen LogP contribution >= 0.6 is 27.3 Å². The second kappa shape index (κ2) is 4.78. The standard InChI is InChI=1S/C15H13BrO2S/c1-8-6-11(9(2)18-8)14(17)12-7-19-15-10(12)4-3-5-13(15)16/h3-7,14,17H,1-2H3. The Morgan fingerprint density at radius 3 is 2.74 bits per heavy atom. The Labute approximate surface area is 123 Å². The summed E-state index contributed by atoms with van der Waals surface area (Å²) in [5, 5.41) is 13.7. The summed E-state index contributed by atoms with van der Waals surface area (Å²) in [5.74, 6) is 1.60. The molecule has 0 bridgehead atoms. The monoisotopic (exact) mass is 336 g/mol. The third-order valence-corrected chi connectivity index (χ3v) is 5.22. The van der Waals surface area contributed by atoms with Crippen LogP contribution in [-0.4, -0.2) is 5.11 Å². The molecule has 1 atom stereocenters. The fourth-order valence-electron chi connectivity index (χ4n) is 2.34. The molecule has 3 aromatic rings. The number of halogens is 1. The number of thiophene rings is 1. The molecule has 2 nitrogen and oxygen atoms in total. The van der Waals surface area contributed by atoms with Crippen molar-refractivity contribution in [2.24, 2.45) is 0 Å². The van der Waals surface area contributed by atoms with Crippen LogP contribution in [0.15, 0.2) is 38.5 Å². The van der Waals surface area contributed by atoms with Gasteiger partial charge in [0.15, 0.2) is 0 Å². The highest BCUT2D eigenvalue weighted by molar-refractivity contribution is 9.10. The van der Waals surface area contributed by atoms with Crippen molar-refractivity contribution in [1.29, 1.82) is 0 Å². The van der Waals surface area contributed by atoms with Gasteiger partial charge < -0.3 is 9.52 Å². The molecule has 3 rings (SSSR count). The van der Waals surface area contributed by atoms with Crippen LogP contribution < -0.4 is 0 Å². The van der Waals surface area contributed by atoms with E-state index in [1.807, 2.05) is 43.5 Å². The van der Waals surface area contributed by atoms with Gasteiger partial charge in [-0.15, -0.1) is 11.3 Å². The minimum Gasteiger partial charge on any atom is -0.466 e. The van der Waals surface area contributed by atoms with Crippen LogP contribution in [0.5, 0.6) is 0 Å². The summed E-state index contributed by atoms with van der Waals surface area (Å²) in [4.78, 5) is 0. The number of benzene rings is 1. The maximum absolute atomic E-state index is 10.6. The van der Waals surface area contributed by atoms with E-state index in [4.69, 9.17) is 4.42 Å². The summed E-state index contributed by atoms with van der Waals surface area (Å²) in [6.45, 7) is 3.78. The molecule has 2 heterocycles. The van der Waals surface area contributed by atoms with E-state index in [0.717, 1.165) is 37.2 Å². The highest BCUT2D eigenvalue weighted by atomic mass is 79.9. The molecule has 0 fully saturated rings. The number of hydrogen-bond acceptors (Lipinski definition) is 3. The first-order valence-corrected chi connectivity index (χ1v) is 7.66. The fourth-order valence-corrected chi connectivity index (χ4v) is 3.98. The molecule has 0 saturated carbocycles. The van der Waals surface area contributed by atoms with E-state index in [1.54, 1.807) is 11.3 Å². The van der Waals surface area contributed by atoms with E-state index in [9.17, 15) is 5.11 Å². The molecule has 1 unspecified atom stereocenters. The van der Waals surface area contributed by atoms with Crippen molar-refractivity contribution < 1.29 is 9.52 Å². The lowest BCUT2D eigenvalue weighted by Crippen LogP contribution is -1.98. The Morgan fingerprint density at radius 2 is 2.05 bits per heavy atom. The van der Waals surface area contributed by atoms with Crippen molar-refractivity contribution in [2.45, 2.75) is 20.0 Å². The van der Waals surface area contributed by atoms with Gasteiger partial charge in [-0.3, -0.25) is 0 Å². The molecule has 0 amide bonds. The van der Waals surface area contributed by atoms with Gasteiger partial charge in [0.1, 0.15) is 17.6 Å². The van der Waals surface area contributed by atoms with Crippen LogP contribution in [-0.2, 0) is 0 Å². The summed E-state index contributed by atoms with van der Waals surface area (Å²) >= 11 is 5.18. The van der Waals surface area contributed by atoms with Gasteiger partial charge in [-0.05, 0) is 52.7 Å².